The Morgan fingerprint density at radius 1 is 1.39 bits per heavy atom. The minimum Gasteiger partial charge on any atom is -0.338 e. The van der Waals surface area contributed by atoms with Gasteiger partial charge in [-0.05, 0) is 18.6 Å². The fourth-order valence-electron chi connectivity index (χ4n) is 1.73. The number of nitrogens with zero attached hydrogens (tertiary/aromatic N) is 2. The van der Waals surface area contributed by atoms with Gasteiger partial charge in [-0.1, -0.05) is 11.6 Å². The van der Waals surface area contributed by atoms with E-state index in [1.165, 1.54) is 6.42 Å². The molecule has 0 spiro atoms. The van der Waals surface area contributed by atoms with Crippen molar-refractivity contribution in [2.75, 3.05) is 12.3 Å². The second-order valence-electron chi connectivity index (χ2n) is 4.12. The van der Waals surface area contributed by atoms with Crippen LogP contribution in [0.4, 0.5) is 13.2 Å². The van der Waals surface area contributed by atoms with E-state index in [-0.39, 0.29) is 17.7 Å². The zero-order valence-corrected chi connectivity index (χ0v) is 10.5. The molecule has 1 aliphatic heterocycles. The Labute approximate surface area is 107 Å². The lowest BCUT2D eigenvalue weighted by atomic mass is 10.2. The second kappa shape index (κ2) is 5.92. The average molecular weight is 281 g/mol. The highest BCUT2D eigenvalue weighted by molar-refractivity contribution is 7.99. The van der Waals surface area contributed by atoms with E-state index in [0.717, 1.165) is 18.6 Å². The van der Waals surface area contributed by atoms with E-state index in [9.17, 15) is 13.2 Å². The van der Waals surface area contributed by atoms with Gasteiger partial charge in [0.1, 0.15) is 0 Å². The van der Waals surface area contributed by atoms with Crippen molar-refractivity contribution in [2.24, 2.45) is 0 Å². The molecule has 0 aromatic carbocycles. The van der Waals surface area contributed by atoms with E-state index in [1.54, 1.807) is 11.8 Å². The van der Waals surface area contributed by atoms with Crippen molar-refractivity contribution < 1.29 is 17.7 Å². The molecule has 0 amide bonds. The van der Waals surface area contributed by atoms with Crippen molar-refractivity contribution >= 4 is 11.8 Å². The molecule has 2 rings (SSSR count). The van der Waals surface area contributed by atoms with Crippen LogP contribution in [0.1, 0.15) is 36.2 Å². The Morgan fingerprint density at radius 2 is 2.22 bits per heavy atom. The minimum atomic E-state index is -4.22. The molecule has 0 saturated carbocycles. The van der Waals surface area contributed by atoms with E-state index in [1.807, 2.05) is 0 Å². The maximum absolute atomic E-state index is 11.9. The lowest BCUT2D eigenvalue weighted by Crippen LogP contribution is -2.28. The molecule has 102 valence electrons. The van der Waals surface area contributed by atoms with Crippen LogP contribution in [0.15, 0.2) is 4.52 Å². The van der Waals surface area contributed by atoms with Gasteiger partial charge in [0.15, 0.2) is 5.82 Å². The van der Waals surface area contributed by atoms with E-state index in [0.29, 0.717) is 5.82 Å². The van der Waals surface area contributed by atoms with Crippen LogP contribution in [-0.4, -0.2) is 28.6 Å². The van der Waals surface area contributed by atoms with Crippen LogP contribution in [0.25, 0.3) is 0 Å². The Morgan fingerprint density at radius 3 is 2.89 bits per heavy atom. The van der Waals surface area contributed by atoms with Crippen molar-refractivity contribution in [1.29, 1.82) is 0 Å². The maximum Gasteiger partial charge on any atom is 0.401 e. The van der Waals surface area contributed by atoms with Gasteiger partial charge in [0.25, 0.3) is 0 Å². The fourth-order valence-corrected chi connectivity index (χ4v) is 2.96. The fraction of sp³-hybridized carbons (Fsp3) is 0.800. The van der Waals surface area contributed by atoms with Crippen LogP contribution in [0.2, 0.25) is 0 Å². The van der Waals surface area contributed by atoms with Gasteiger partial charge in [-0.15, -0.1) is 0 Å². The molecule has 1 aromatic heterocycles. The van der Waals surface area contributed by atoms with Crippen LogP contribution in [-0.2, 0) is 6.54 Å². The van der Waals surface area contributed by atoms with Gasteiger partial charge < -0.3 is 9.84 Å². The van der Waals surface area contributed by atoms with Gasteiger partial charge in [0, 0.05) is 0 Å². The monoisotopic (exact) mass is 281 g/mol. The zero-order chi connectivity index (χ0) is 13.0. The van der Waals surface area contributed by atoms with E-state index < -0.39 is 12.7 Å². The highest BCUT2D eigenvalue weighted by Crippen LogP contribution is 2.36. The molecule has 1 fully saturated rings. The first-order valence-electron chi connectivity index (χ1n) is 5.76. The van der Waals surface area contributed by atoms with Gasteiger partial charge in [0.05, 0.1) is 18.3 Å². The van der Waals surface area contributed by atoms with Gasteiger partial charge >= 0.3 is 6.18 Å². The molecule has 8 heteroatoms. The number of rotatable bonds is 4. The number of alkyl halides is 3. The highest BCUT2D eigenvalue weighted by Gasteiger charge is 2.27. The third kappa shape index (κ3) is 4.16. The van der Waals surface area contributed by atoms with E-state index >= 15 is 0 Å². The summed E-state index contributed by atoms with van der Waals surface area (Å²) < 4.78 is 40.7. The minimum absolute atomic E-state index is 0.0517. The summed E-state index contributed by atoms with van der Waals surface area (Å²) in [6, 6.07) is 0. The van der Waals surface area contributed by atoms with Crippen molar-refractivity contribution in [3.8, 4) is 0 Å². The first-order valence-corrected chi connectivity index (χ1v) is 6.81. The molecule has 1 aromatic rings. The Balaban J connectivity index is 1.82. The average Bonchev–Trinajstić information content (AvgIpc) is 2.77. The van der Waals surface area contributed by atoms with Gasteiger partial charge in [-0.2, -0.15) is 29.9 Å². The lowest BCUT2D eigenvalue weighted by Gasteiger charge is -2.17. The molecule has 0 bridgehead atoms. The van der Waals surface area contributed by atoms with Crippen molar-refractivity contribution in [3.63, 3.8) is 0 Å². The summed E-state index contributed by atoms with van der Waals surface area (Å²) in [6.45, 7) is -1.10. The largest absolute Gasteiger partial charge is 0.401 e. The molecule has 18 heavy (non-hydrogen) atoms. The van der Waals surface area contributed by atoms with Crippen LogP contribution >= 0.6 is 11.8 Å². The zero-order valence-electron chi connectivity index (χ0n) is 9.66. The Kier molecular flexibility index (Phi) is 4.50. The summed E-state index contributed by atoms with van der Waals surface area (Å²) in [5.74, 6) is 1.88. The normalized spacial score (nSPS) is 21.2. The van der Waals surface area contributed by atoms with Crippen LogP contribution < -0.4 is 5.32 Å². The molecular weight excluding hydrogens is 267 g/mol. The molecule has 1 N–H and O–H groups in total. The topological polar surface area (TPSA) is 51.0 Å². The summed E-state index contributed by atoms with van der Waals surface area (Å²) in [7, 11) is 0. The number of hydrogen-bond acceptors (Lipinski definition) is 5. The SMILES string of the molecule is FC(F)(F)CNCc1nc(C2CCCCS2)no1. The molecule has 2 heterocycles. The molecule has 1 atom stereocenters. The second-order valence-corrected chi connectivity index (χ2v) is 5.43. The summed E-state index contributed by atoms with van der Waals surface area (Å²) in [5.41, 5.74) is 0. The van der Waals surface area contributed by atoms with Crippen molar-refractivity contribution in [2.45, 2.75) is 37.2 Å². The first kappa shape index (κ1) is 13.7. The molecule has 4 nitrogen and oxygen atoms in total. The van der Waals surface area contributed by atoms with Crippen LogP contribution in [0.5, 0.6) is 0 Å². The molecule has 0 radical (unpaired) electrons. The summed E-state index contributed by atoms with van der Waals surface area (Å²) >= 11 is 1.77. The smallest absolute Gasteiger partial charge is 0.338 e. The van der Waals surface area contributed by atoms with E-state index in [4.69, 9.17) is 4.52 Å². The van der Waals surface area contributed by atoms with Crippen molar-refractivity contribution in [1.82, 2.24) is 15.5 Å². The van der Waals surface area contributed by atoms with Gasteiger partial charge in [0.2, 0.25) is 5.89 Å². The predicted octanol–water partition coefficient (Wildman–Crippen LogP) is 2.68. The highest BCUT2D eigenvalue weighted by atomic mass is 32.2. The standard InChI is InChI=1S/C10H14F3N3OS/c11-10(12,13)6-14-5-8-15-9(16-17-8)7-3-1-2-4-18-7/h7,14H,1-6H2. The Bertz CT molecular complexity index is 377. The molecule has 0 aliphatic carbocycles. The molecular formula is C10H14F3N3OS. The third-order valence-electron chi connectivity index (χ3n) is 2.55. The predicted molar refractivity (Wildman–Crippen MR) is 61.1 cm³/mol. The number of nitrogens with one attached hydrogen (secondary N) is 1. The number of halogens is 3. The third-order valence-corrected chi connectivity index (χ3v) is 3.93. The maximum atomic E-state index is 11.9. The van der Waals surface area contributed by atoms with Crippen molar-refractivity contribution in [3.05, 3.63) is 11.7 Å². The van der Waals surface area contributed by atoms with Gasteiger partial charge in [-0.3, -0.25) is 0 Å². The van der Waals surface area contributed by atoms with Gasteiger partial charge in [-0.25, -0.2) is 0 Å². The van der Waals surface area contributed by atoms with E-state index in [2.05, 4.69) is 15.5 Å². The first-order chi connectivity index (χ1) is 8.54. The lowest BCUT2D eigenvalue weighted by molar-refractivity contribution is -0.125. The summed E-state index contributed by atoms with van der Waals surface area (Å²) in [6.07, 6.45) is -0.894. The quantitative estimate of drug-likeness (QED) is 0.919. The molecule has 1 unspecified atom stereocenters. The Hall–Kier alpha value is -0.760. The number of aromatic nitrogens is 2. The number of hydrogen-bond donors (Lipinski definition) is 1. The molecule has 1 aliphatic rings. The van der Waals surface area contributed by atoms with Crippen LogP contribution in [0, 0.1) is 0 Å². The summed E-state index contributed by atoms with van der Waals surface area (Å²) in [4.78, 5) is 4.13. The number of thioether (sulfide) groups is 1. The molecule has 1 saturated heterocycles. The summed E-state index contributed by atoms with van der Waals surface area (Å²) in [5, 5.41) is 6.28. The van der Waals surface area contributed by atoms with Crippen LogP contribution in [0.3, 0.4) is 0 Å².